The summed E-state index contributed by atoms with van der Waals surface area (Å²) in [5.41, 5.74) is 8.87. The second kappa shape index (κ2) is 6.02. The fourth-order valence-corrected chi connectivity index (χ4v) is 2.41. The van der Waals surface area contributed by atoms with Crippen molar-refractivity contribution in [2.45, 2.75) is 19.8 Å². The van der Waals surface area contributed by atoms with Gasteiger partial charge in [0, 0.05) is 21.3 Å². The fraction of sp³-hybridized carbons (Fsp3) is 0.188. The first-order valence-corrected chi connectivity index (χ1v) is 7.09. The zero-order chi connectivity index (χ0) is 13.8. The molecule has 2 aromatic carbocycles. The number of nitrogen functional groups attached to an aromatic ring is 1. The Labute approximate surface area is 121 Å². The Bertz CT molecular complexity index is 590. The molecule has 0 fully saturated rings. The lowest BCUT2D eigenvalue weighted by molar-refractivity contribution is 0.103. The maximum Gasteiger partial charge on any atom is 0.194 e. The summed E-state index contributed by atoms with van der Waals surface area (Å²) < 4.78 is 0.768. The van der Waals surface area contributed by atoms with Crippen molar-refractivity contribution in [2.24, 2.45) is 0 Å². The van der Waals surface area contributed by atoms with Gasteiger partial charge in [-0.1, -0.05) is 53.5 Å². The Hall–Kier alpha value is -1.61. The van der Waals surface area contributed by atoms with Crippen LogP contribution in [-0.2, 0) is 6.42 Å². The molecule has 3 heteroatoms. The van der Waals surface area contributed by atoms with Crippen molar-refractivity contribution in [3.8, 4) is 0 Å². The van der Waals surface area contributed by atoms with Crippen LogP contribution in [0.25, 0.3) is 0 Å². The number of hydrogen-bond acceptors (Lipinski definition) is 2. The van der Waals surface area contributed by atoms with Crippen molar-refractivity contribution in [1.82, 2.24) is 0 Å². The van der Waals surface area contributed by atoms with Crippen LogP contribution in [-0.4, -0.2) is 5.78 Å². The molecule has 0 aliphatic rings. The summed E-state index contributed by atoms with van der Waals surface area (Å²) in [5.74, 6) is -0.0118. The van der Waals surface area contributed by atoms with Crippen molar-refractivity contribution in [3.63, 3.8) is 0 Å². The highest BCUT2D eigenvalue weighted by molar-refractivity contribution is 9.10. The molecule has 0 amide bonds. The highest BCUT2D eigenvalue weighted by atomic mass is 79.9. The number of benzene rings is 2. The Balaban J connectivity index is 2.30. The van der Waals surface area contributed by atoms with Gasteiger partial charge in [-0.05, 0) is 30.2 Å². The van der Waals surface area contributed by atoms with Gasteiger partial charge in [0.1, 0.15) is 0 Å². The van der Waals surface area contributed by atoms with Gasteiger partial charge in [-0.15, -0.1) is 0 Å². The number of rotatable bonds is 4. The molecule has 0 atom stereocenters. The van der Waals surface area contributed by atoms with Crippen LogP contribution in [0.1, 0.15) is 34.8 Å². The Morgan fingerprint density at radius 1 is 1.16 bits per heavy atom. The van der Waals surface area contributed by atoms with Crippen LogP contribution in [0, 0.1) is 0 Å². The van der Waals surface area contributed by atoms with Gasteiger partial charge < -0.3 is 5.73 Å². The van der Waals surface area contributed by atoms with Gasteiger partial charge in [-0.2, -0.15) is 0 Å². The van der Waals surface area contributed by atoms with Crippen LogP contribution in [0.4, 0.5) is 5.69 Å². The quantitative estimate of drug-likeness (QED) is 0.678. The highest BCUT2D eigenvalue weighted by Crippen LogP contribution is 2.23. The standard InChI is InChI=1S/C16H16BrNO/c1-2-3-11-4-6-12(7-5-11)16(19)14-10-13(18)8-9-15(14)17/h4-10H,2-3,18H2,1H3. The zero-order valence-corrected chi connectivity index (χ0v) is 12.4. The summed E-state index contributed by atoms with van der Waals surface area (Å²) in [7, 11) is 0. The predicted octanol–water partition coefficient (Wildman–Crippen LogP) is 4.21. The van der Waals surface area contributed by atoms with Gasteiger partial charge in [0.15, 0.2) is 5.78 Å². The molecule has 19 heavy (non-hydrogen) atoms. The lowest BCUT2D eigenvalue weighted by atomic mass is 10.0. The molecule has 0 heterocycles. The molecule has 0 bridgehead atoms. The topological polar surface area (TPSA) is 43.1 Å². The van der Waals surface area contributed by atoms with Crippen LogP contribution in [0.2, 0.25) is 0 Å². The summed E-state index contributed by atoms with van der Waals surface area (Å²) in [6.45, 7) is 2.14. The molecule has 0 saturated carbocycles. The second-order valence-corrected chi connectivity index (χ2v) is 5.37. The Morgan fingerprint density at radius 2 is 1.84 bits per heavy atom. The first-order chi connectivity index (χ1) is 9.11. The molecule has 0 saturated heterocycles. The third-order valence-electron chi connectivity index (χ3n) is 2.99. The third kappa shape index (κ3) is 3.24. The number of carbonyl (C=O) groups is 1. The average Bonchev–Trinajstić information content (AvgIpc) is 2.42. The number of hydrogen-bond donors (Lipinski definition) is 1. The molecule has 2 nitrogen and oxygen atoms in total. The van der Waals surface area contributed by atoms with Gasteiger partial charge in [-0.3, -0.25) is 4.79 Å². The van der Waals surface area contributed by atoms with Crippen molar-refractivity contribution < 1.29 is 4.79 Å². The van der Waals surface area contributed by atoms with E-state index in [1.807, 2.05) is 24.3 Å². The van der Waals surface area contributed by atoms with E-state index in [1.54, 1.807) is 18.2 Å². The Morgan fingerprint density at radius 3 is 2.47 bits per heavy atom. The number of ketones is 1. The van der Waals surface area contributed by atoms with E-state index in [0.29, 0.717) is 16.8 Å². The SMILES string of the molecule is CCCc1ccc(C(=O)c2cc(N)ccc2Br)cc1. The summed E-state index contributed by atoms with van der Waals surface area (Å²) in [6.07, 6.45) is 2.14. The third-order valence-corrected chi connectivity index (χ3v) is 3.68. The van der Waals surface area contributed by atoms with E-state index in [1.165, 1.54) is 5.56 Å². The van der Waals surface area contributed by atoms with Crippen LogP contribution in [0.5, 0.6) is 0 Å². The number of carbonyl (C=O) groups excluding carboxylic acids is 1. The van der Waals surface area contributed by atoms with Crippen molar-refractivity contribution >= 4 is 27.4 Å². The van der Waals surface area contributed by atoms with E-state index in [9.17, 15) is 4.79 Å². The molecule has 0 aromatic heterocycles. The smallest absolute Gasteiger partial charge is 0.194 e. The van der Waals surface area contributed by atoms with Gasteiger partial charge in [0.05, 0.1) is 0 Å². The van der Waals surface area contributed by atoms with Crippen LogP contribution in [0.15, 0.2) is 46.9 Å². The first-order valence-electron chi connectivity index (χ1n) is 6.30. The maximum atomic E-state index is 12.4. The molecule has 2 N–H and O–H groups in total. The summed E-state index contributed by atoms with van der Waals surface area (Å²) in [5, 5.41) is 0. The number of nitrogens with two attached hydrogens (primary N) is 1. The number of halogens is 1. The van der Waals surface area contributed by atoms with Crippen molar-refractivity contribution in [3.05, 3.63) is 63.6 Å². The van der Waals surface area contributed by atoms with Crippen molar-refractivity contribution in [1.29, 1.82) is 0 Å². The van der Waals surface area contributed by atoms with E-state index >= 15 is 0 Å². The van der Waals surface area contributed by atoms with Gasteiger partial charge in [-0.25, -0.2) is 0 Å². The highest BCUT2D eigenvalue weighted by Gasteiger charge is 2.12. The van der Waals surface area contributed by atoms with E-state index in [-0.39, 0.29) is 5.78 Å². The molecule has 2 rings (SSSR count). The van der Waals surface area contributed by atoms with Crippen LogP contribution >= 0.6 is 15.9 Å². The monoisotopic (exact) mass is 317 g/mol. The van der Waals surface area contributed by atoms with Gasteiger partial charge in [0.2, 0.25) is 0 Å². The predicted molar refractivity (Wildman–Crippen MR) is 82.4 cm³/mol. The Kier molecular flexibility index (Phi) is 4.38. The minimum Gasteiger partial charge on any atom is -0.399 e. The van der Waals surface area contributed by atoms with Gasteiger partial charge >= 0.3 is 0 Å². The van der Waals surface area contributed by atoms with E-state index < -0.39 is 0 Å². The summed E-state index contributed by atoms with van der Waals surface area (Å²) in [6, 6.07) is 13.0. The molecule has 98 valence electrons. The number of aryl methyl sites for hydroxylation is 1. The fourth-order valence-electron chi connectivity index (χ4n) is 1.98. The van der Waals surface area contributed by atoms with Crippen LogP contribution in [0.3, 0.4) is 0 Å². The molecule has 0 radical (unpaired) electrons. The molecule has 0 spiro atoms. The molecule has 0 unspecified atom stereocenters. The summed E-state index contributed by atoms with van der Waals surface area (Å²) in [4.78, 5) is 12.4. The normalized spacial score (nSPS) is 10.4. The molecule has 0 aliphatic carbocycles. The second-order valence-electron chi connectivity index (χ2n) is 4.52. The van der Waals surface area contributed by atoms with Crippen LogP contribution < -0.4 is 5.73 Å². The average molecular weight is 318 g/mol. The minimum absolute atomic E-state index is 0.0118. The molecular formula is C16H16BrNO. The van der Waals surface area contributed by atoms with E-state index in [2.05, 4.69) is 22.9 Å². The minimum atomic E-state index is -0.0118. The molecular weight excluding hydrogens is 302 g/mol. The van der Waals surface area contributed by atoms with E-state index in [4.69, 9.17) is 5.73 Å². The molecule has 0 aliphatic heterocycles. The maximum absolute atomic E-state index is 12.4. The largest absolute Gasteiger partial charge is 0.399 e. The van der Waals surface area contributed by atoms with Gasteiger partial charge in [0.25, 0.3) is 0 Å². The lowest BCUT2D eigenvalue weighted by Crippen LogP contribution is -2.03. The zero-order valence-electron chi connectivity index (χ0n) is 10.8. The molecule has 2 aromatic rings. The lowest BCUT2D eigenvalue weighted by Gasteiger charge is -2.06. The number of anilines is 1. The summed E-state index contributed by atoms with van der Waals surface area (Å²) >= 11 is 3.39. The first kappa shape index (κ1) is 13.8. The van der Waals surface area contributed by atoms with Crippen molar-refractivity contribution in [2.75, 3.05) is 5.73 Å². The van der Waals surface area contributed by atoms with E-state index in [0.717, 1.165) is 17.3 Å².